The van der Waals surface area contributed by atoms with Crippen LogP contribution in [0, 0.1) is 0 Å². The molecule has 3 aromatic rings. The Balaban J connectivity index is 1.40. The summed E-state index contributed by atoms with van der Waals surface area (Å²) < 4.78 is 2.47. The van der Waals surface area contributed by atoms with E-state index in [1.165, 1.54) is 22.6 Å². The Bertz CT molecular complexity index is 926. The van der Waals surface area contributed by atoms with Crippen molar-refractivity contribution in [3.63, 3.8) is 0 Å². The molecular weight excluding hydrogens is 346 g/mol. The van der Waals surface area contributed by atoms with Crippen molar-refractivity contribution in [3.8, 4) is 11.3 Å². The minimum atomic E-state index is 0.0556. The highest BCUT2D eigenvalue weighted by Crippen LogP contribution is 2.41. The lowest BCUT2D eigenvalue weighted by atomic mass is 9.83. The molecule has 0 amide bonds. The first-order valence-corrected chi connectivity index (χ1v) is 10.2. The molecule has 2 aliphatic rings. The standard InChI is InChI=1S/C23H27N5/c1-26-15-16-28-21(20-5-3-2-4-6-20)17-25-22(28)23(26)9-13-27(14-10-23)18-19-7-11-24-12-8-19/h2-8,11-12,17H,9-10,13-16,18H2,1H3. The van der Waals surface area contributed by atoms with Crippen molar-refractivity contribution in [1.29, 1.82) is 0 Å². The van der Waals surface area contributed by atoms with E-state index in [-0.39, 0.29) is 5.54 Å². The van der Waals surface area contributed by atoms with Crippen LogP contribution in [0.5, 0.6) is 0 Å². The molecule has 5 rings (SSSR count). The van der Waals surface area contributed by atoms with Crippen molar-refractivity contribution < 1.29 is 0 Å². The Morgan fingerprint density at radius 1 is 0.929 bits per heavy atom. The fourth-order valence-corrected chi connectivity index (χ4v) is 4.88. The summed E-state index contributed by atoms with van der Waals surface area (Å²) >= 11 is 0. The van der Waals surface area contributed by atoms with Gasteiger partial charge in [-0.2, -0.15) is 0 Å². The quantitative estimate of drug-likeness (QED) is 0.705. The van der Waals surface area contributed by atoms with Gasteiger partial charge in [-0.25, -0.2) is 4.98 Å². The molecule has 0 atom stereocenters. The SMILES string of the molecule is CN1CCn2c(-c3ccccc3)cnc2C12CCN(Cc1ccncc1)CC2. The number of aromatic nitrogens is 3. The first-order chi connectivity index (χ1) is 13.8. The predicted octanol–water partition coefficient (Wildman–Crippen LogP) is 3.38. The summed E-state index contributed by atoms with van der Waals surface area (Å²) in [6.07, 6.45) is 8.10. The molecule has 5 nitrogen and oxygen atoms in total. The number of hydrogen-bond donors (Lipinski definition) is 0. The molecule has 0 radical (unpaired) electrons. The third-order valence-electron chi connectivity index (χ3n) is 6.57. The highest BCUT2D eigenvalue weighted by Gasteiger charge is 2.45. The average Bonchev–Trinajstić information content (AvgIpc) is 3.19. The lowest BCUT2D eigenvalue weighted by Gasteiger charge is -2.49. The number of hydrogen-bond acceptors (Lipinski definition) is 4. The zero-order valence-electron chi connectivity index (χ0n) is 16.5. The molecule has 4 heterocycles. The van der Waals surface area contributed by atoms with Crippen LogP contribution in [0.15, 0.2) is 61.1 Å². The van der Waals surface area contributed by atoms with Crippen LogP contribution in [-0.4, -0.2) is 51.0 Å². The molecule has 28 heavy (non-hydrogen) atoms. The number of likely N-dealkylation sites (N-methyl/N-ethyl adjacent to an activating group) is 1. The zero-order valence-corrected chi connectivity index (χ0v) is 16.5. The maximum atomic E-state index is 4.96. The molecule has 0 N–H and O–H groups in total. The maximum Gasteiger partial charge on any atom is 0.129 e. The predicted molar refractivity (Wildman–Crippen MR) is 111 cm³/mol. The van der Waals surface area contributed by atoms with Gasteiger partial charge in [-0.15, -0.1) is 0 Å². The van der Waals surface area contributed by atoms with Crippen LogP contribution in [0.2, 0.25) is 0 Å². The van der Waals surface area contributed by atoms with E-state index in [0.717, 1.165) is 45.6 Å². The number of piperidine rings is 1. The molecular formula is C23H27N5. The van der Waals surface area contributed by atoms with E-state index in [1.54, 1.807) is 0 Å². The van der Waals surface area contributed by atoms with Gasteiger partial charge in [0.1, 0.15) is 5.82 Å². The van der Waals surface area contributed by atoms with Crippen LogP contribution < -0.4 is 0 Å². The largest absolute Gasteiger partial charge is 0.325 e. The van der Waals surface area contributed by atoms with Gasteiger partial charge in [0.15, 0.2) is 0 Å². The molecule has 0 saturated carbocycles. The second-order valence-corrected chi connectivity index (χ2v) is 8.07. The molecule has 1 aromatic carbocycles. The highest BCUT2D eigenvalue weighted by atomic mass is 15.3. The summed E-state index contributed by atoms with van der Waals surface area (Å²) in [5, 5.41) is 0. The van der Waals surface area contributed by atoms with Crippen molar-refractivity contribution in [2.45, 2.75) is 31.5 Å². The molecule has 0 aliphatic carbocycles. The Morgan fingerprint density at radius 3 is 2.43 bits per heavy atom. The van der Waals surface area contributed by atoms with Crippen molar-refractivity contribution >= 4 is 0 Å². The van der Waals surface area contributed by atoms with Crippen LogP contribution in [0.3, 0.4) is 0 Å². The van der Waals surface area contributed by atoms with Gasteiger partial charge in [-0.3, -0.25) is 14.8 Å². The second-order valence-electron chi connectivity index (χ2n) is 8.07. The van der Waals surface area contributed by atoms with Gasteiger partial charge in [0.25, 0.3) is 0 Å². The van der Waals surface area contributed by atoms with Crippen molar-refractivity contribution in [1.82, 2.24) is 24.3 Å². The maximum absolute atomic E-state index is 4.96. The zero-order chi connectivity index (χ0) is 19.0. The van der Waals surface area contributed by atoms with E-state index in [1.807, 2.05) is 12.4 Å². The first kappa shape index (κ1) is 17.6. The summed E-state index contributed by atoms with van der Waals surface area (Å²) in [5.41, 5.74) is 3.91. The summed E-state index contributed by atoms with van der Waals surface area (Å²) in [4.78, 5) is 14.2. The number of imidazole rings is 1. The molecule has 144 valence electrons. The van der Waals surface area contributed by atoms with E-state index in [9.17, 15) is 0 Å². The lowest BCUT2D eigenvalue weighted by Crippen LogP contribution is -2.56. The van der Waals surface area contributed by atoms with Crippen LogP contribution >= 0.6 is 0 Å². The summed E-state index contributed by atoms with van der Waals surface area (Å²) in [6.45, 7) is 5.29. The van der Waals surface area contributed by atoms with Gasteiger partial charge in [-0.1, -0.05) is 30.3 Å². The number of nitrogens with zero attached hydrogens (tertiary/aromatic N) is 5. The average molecular weight is 374 g/mol. The van der Waals surface area contributed by atoms with E-state index in [0.29, 0.717) is 0 Å². The summed E-state index contributed by atoms with van der Waals surface area (Å²) in [7, 11) is 2.28. The van der Waals surface area contributed by atoms with Crippen LogP contribution in [-0.2, 0) is 18.6 Å². The molecule has 1 fully saturated rings. The molecule has 0 unspecified atom stereocenters. The van der Waals surface area contributed by atoms with Gasteiger partial charge in [-0.05, 0) is 43.1 Å². The van der Waals surface area contributed by atoms with Gasteiger partial charge in [0.2, 0.25) is 0 Å². The van der Waals surface area contributed by atoms with Gasteiger partial charge >= 0.3 is 0 Å². The number of likely N-dealkylation sites (tertiary alicyclic amines) is 1. The van der Waals surface area contributed by atoms with E-state index in [2.05, 4.69) is 75.1 Å². The highest BCUT2D eigenvalue weighted by molar-refractivity contribution is 5.59. The molecule has 0 bridgehead atoms. The van der Waals surface area contributed by atoms with Gasteiger partial charge < -0.3 is 4.57 Å². The minimum Gasteiger partial charge on any atom is -0.325 e. The van der Waals surface area contributed by atoms with Gasteiger partial charge in [0, 0.05) is 45.1 Å². The molecule has 1 spiro atoms. The number of fused-ring (bicyclic) bond motifs is 2. The normalized spacial score (nSPS) is 19.6. The van der Waals surface area contributed by atoms with E-state index >= 15 is 0 Å². The monoisotopic (exact) mass is 373 g/mol. The van der Waals surface area contributed by atoms with Crippen LogP contribution in [0.4, 0.5) is 0 Å². The fraction of sp³-hybridized carbons (Fsp3) is 0.391. The molecule has 5 heteroatoms. The summed E-state index contributed by atoms with van der Waals surface area (Å²) in [6, 6.07) is 14.9. The van der Waals surface area contributed by atoms with E-state index < -0.39 is 0 Å². The fourth-order valence-electron chi connectivity index (χ4n) is 4.88. The number of rotatable bonds is 3. The molecule has 2 aliphatic heterocycles. The van der Waals surface area contributed by atoms with Crippen LogP contribution in [0.1, 0.15) is 24.2 Å². The van der Waals surface area contributed by atoms with Crippen molar-refractivity contribution in [3.05, 3.63) is 72.4 Å². The Hall–Kier alpha value is -2.50. The number of pyridine rings is 1. The van der Waals surface area contributed by atoms with E-state index in [4.69, 9.17) is 4.98 Å². The minimum absolute atomic E-state index is 0.0556. The third-order valence-corrected chi connectivity index (χ3v) is 6.57. The third kappa shape index (κ3) is 2.95. The van der Waals surface area contributed by atoms with Crippen LogP contribution in [0.25, 0.3) is 11.3 Å². The second kappa shape index (κ2) is 7.15. The number of benzene rings is 1. The van der Waals surface area contributed by atoms with Gasteiger partial charge in [0.05, 0.1) is 17.4 Å². The van der Waals surface area contributed by atoms with Crippen molar-refractivity contribution in [2.24, 2.45) is 0 Å². The first-order valence-electron chi connectivity index (χ1n) is 10.2. The molecule has 2 aromatic heterocycles. The van der Waals surface area contributed by atoms with Crippen molar-refractivity contribution in [2.75, 3.05) is 26.7 Å². The lowest BCUT2D eigenvalue weighted by molar-refractivity contribution is 0.00700. The topological polar surface area (TPSA) is 37.2 Å². The Labute approximate surface area is 166 Å². The Morgan fingerprint density at radius 2 is 1.68 bits per heavy atom. The molecule has 1 saturated heterocycles. The Kier molecular flexibility index (Phi) is 4.49. The summed E-state index contributed by atoms with van der Waals surface area (Å²) in [5.74, 6) is 1.25. The smallest absolute Gasteiger partial charge is 0.129 e.